The van der Waals surface area contributed by atoms with Crippen LogP contribution in [0, 0.1) is 5.92 Å². The third-order valence-corrected chi connectivity index (χ3v) is 4.12. The molecular weight excluding hydrogens is 302 g/mol. The highest BCUT2D eigenvalue weighted by molar-refractivity contribution is 9.11. The maximum atomic E-state index is 11.8. The van der Waals surface area contributed by atoms with Gasteiger partial charge in [0.25, 0.3) is 5.91 Å². The van der Waals surface area contributed by atoms with Crippen LogP contribution in [-0.4, -0.2) is 24.2 Å². The van der Waals surface area contributed by atoms with E-state index in [1.54, 1.807) is 0 Å². The smallest absolute Gasteiger partial charge is 0.252 e. The molecule has 0 aliphatic carbocycles. The van der Waals surface area contributed by atoms with E-state index in [4.69, 9.17) is 5.11 Å². The van der Waals surface area contributed by atoms with Crippen molar-refractivity contribution in [3.63, 3.8) is 0 Å². The van der Waals surface area contributed by atoms with Crippen molar-refractivity contribution in [1.82, 2.24) is 5.32 Å². The Hall–Kier alpha value is -0.390. The summed E-state index contributed by atoms with van der Waals surface area (Å²) in [5.74, 6) is 0.335. The van der Waals surface area contributed by atoms with Crippen molar-refractivity contribution < 1.29 is 9.90 Å². The molecule has 1 aromatic heterocycles. The number of hydrogen-bond donors (Lipinski definition) is 2. The number of halogens is 1. The molecule has 0 radical (unpaired) electrons. The summed E-state index contributed by atoms with van der Waals surface area (Å²) in [5, 5.41) is 13.7. The monoisotopic (exact) mass is 319 g/mol. The highest BCUT2D eigenvalue weighted by atomic mass is 79.9. The van der Waals surface area contributed by atoms with Crippen molar-refractivity contribution in [2.24, 2.45) is 5.92 Å². The van der Waals surface area contributed by atoms with Crippen molar-refractivity contribution in [1.29, 1.82) is 0 Å². The molecule has 1 atom stereocenters. The Morgan fingerprint density at radius 3 is 2.88 bits per heavy atom. The summed E-state index contributed by atoms with van der Waals surface area (Å²) in [4.78, 5) is 11.8. The van der Waals surface area contributed by atoms with Crippen LogP contribution in [0.3, 0.4) is 0 Å². The Morgan fingerprint density at radius 2 is 2.35 bits per heavy atom. The number of rotatable bonds is 7. The number of amides is 1. The molecule has 0 fully saturated rings. The van der Waals surface area contributed by atoms with E-state index in [1.807, 2.05) is 11.4 Å². The summed E-state index contributed by atoms with van der Waals surface area (Å²) >= 11 is 4.84. The topological polar surface area (TPSA) is 49.3 Å². The number of aliphatic hydroxyl groups excluding tert-OH is 1. The molecular formula is C12H18BrNO2S. The minimum atomic E-state index is -0.0361. The Morgan fingerprint density at radius 1 is 1.59 bits per heavy atom. The van der Waals surface area contributed by atoms with Crippen LogP contribution in [0.1, 0.15) is 36.5 Å². The lowest BCUT2D eigenvalue weighted by Gasteiger charge is -2.15. The standard InChI is InChI=1S/C12H18BrNO2S/c1-2-3-9(4-5-15)7-14-12(16)10-6-11(13)17-8-10/h6,8-9,15H,2-5,7H2,1H3,(H,14,16). The van der Waals surface area contributed by atoms with E-state index in [0.717, 1.165) is 23.0 Å². The molecule has 17 heavy (non-hydrogen) atoms. The third kappa shape index (κ3) is 5.19. The Balaban J connectivity index is 2.40. The molecule has 0 saturated heterocycles. The van der Waals surface area contributed by atoms with Gasteiger partial charge in [0, 0.05) is 18.5 Å². The molecule has 3 nitrogen and oxygen atoms in total. The first-order valence-electron chi connectivity index (χ1n) is 5.80. The summed E-state index contributed by atoms with van der Waals surface area (Å²) in [6, 6.07) is 1.82. The second-order valence-electron chi connectivity index (χ2n) is 4.02. The largest absolute Gasteiger partial charge is 0.396 e. The van der Waals surface area contributed by atoms with Gasteiger partial charge in [0.1, 0.15) is 0 Å². The SMILES string of the molecule is CCCC(CCO)CNC(=O)c1csc(Br)c1. The maximum absolute atomic E-state index is 11.8. The molecule has 1 unspecified atom stereocenters. The highest BCUT2D eigenvalue weighted by Gasteiger charge is 2.11. The van der Waals surface area contributed by atoms with Crippen molar-refractivity contribution in [2.45, 2.75) is 26.2 Å². The zero-order valence-corrected chi connectivity index (χ0v) is 12.3. The number of hydrogen-bond acceptors (Lipinski definition) is 3. The average molecular weight is 320 g/mol. The van der Waals surface area contributed by atoms with Crippen molar-refractivity contribution in [3.05, 3.63) is 20.8 Å². The van der Waals surface area contributed by atoms with Crippen LogP contribution in [0.25, 0.3) is 0 Å². The molecule has 0 aliphatic rings. The first kappa shape index (κ1) is 14.7. The van der Waals surface area contributed by atoms with Gasteiger partial charge in [-0.15, -0.1) is 11.3 Å². The Kier molecular flexibility index (Phi) is 6.77. The van der Waals surface area contributed by atoms with Crippen LogP contribution in [0.15, 0.2) is 15.2 Å². The third-order valence-electron chi connectivity index (χ3n) is 2.62. The first-order chi connectivity index (χ1) is 8.17. The van der Waals surface area contributed by atoms with Crippen LogP contribution in [-0.2, 0) is 0 Å². The zero-order chi connectivity index (χ0) is 12.7. The van der Waals surface area contributed by atoms with Crippen LogP contribution < -0.4 is 5.32 Å². The summed E-state index contributed by atoms with van der Waals surface area (Å²) < 4.78 is 0.961. The van der Waals surface area contributed by atoms with Crippen LogP contribution in [0.4, 0.5) is 0 Å². The lowest BCUT2D eigenvalue weighted by Crippen LogP contribution is -2.29. The lowest BCUT2D eigenvalue weighted by atomic mass is 10.0. The highest BCUT2D eigenvalue weighted by Crippen LogP contribution is 2.20. The minimum absolute atomic E-state index is 0.0361. The van der Waals surface area contributed by atoms with E-state index >= 15 is 0 Å². The maximum Gasteiger partial charge on any atom is 0.252 e. The lowest BCUT2D eigenvalue weighted by molar-refractivity contribution is 0.0943. The quantitative estimate of drug-likeness (QED) is 0.811. The second-order valence-corrected chi connectivity index (χ2v) is 6.31. The van der Waals surface area contributed by atoms with Crippen molar-refractivity contribution >= 4 is 33.2 Å². The van der Waals surface area contributed by atoms with E-state index in [-0.39, 0.29) is 12.5 Å². The van der Waals surface area contributed by atoms with Crippen LogP contribution in [0.5, 0.6) is 0 Å². The number of carbonyl (C=O) groups excluding carboxylic acids is 1. The molecule has 1 rings (SSSR count). The van der Waals surface area contributed by atoms with Crippen molar-refractivity contribution in [2.75, 3.05) is 13.2 Å². The Labute approximate surface area is 114 Å². The number of aliphatic hydroxyl groups is 1. The number of thiophene rings is 1. The van der Waals surface area contributed by atoms with Gasteiger partial charge < -0.3 is 10.4 Å². The minimum Gasteiger partial charge on any atom is -0.396 e. The fourth-order valence-corrected chi connectivity index (χ4v) is 2.84. The molecule has 2 N–H and O–H groups in total. The summed E-state index contributed by atoms with van der Waals surface area (Å²) in [5.41, 5.74) is 0.695. The normalized spacial score (nSPS) is 12.4. The molecule has 96 valence electrons. The van der Waals surface area contributed by atoms with Crippen LogP contribution >= 0.6 is 27.3 Å². The van der Waals surface area contributed by atoms with E-state index in [0.29, 0.717) is 18.0 Å². The summed E-state index contributed by atoms with van der Waals surface area (Å²) in [6.45, 7) is 2.94. The van der Waals surface area contributed by atoms with E-state index in [9.17, 15) is 4.79 Å². The molecule has 0 aromatic carbocycles. The predicted molar refractivity (Wildman–Crippen MR) is 74.5 cm³/mol. The molecule has 1 heterocycles. The van der Waals surface area contributed by atoms with E-state index < -0.39 is 0 Å². The van der Waals surface area contributed by atoms with Gasteiger partial charge in [0.15, 0.2) is 0 Å². The summed E-state index contributed by atoms with van der Waals surface area (Å²) in [6.07, 6.45) is 2.86. The molecule has 1 aromatic rings. The fourth-order valence-electron chi connectivity index (χ4n) is 1.71. The summed E-state index contributed by atoms with van der Waals surface area (Å²) in [7, 11) is 0. The van der Waals surface area contributed by atoms with Gasteiger partial charge in [-0.05, 0) is 40.8 Å². The molecule has 0 spiro atoms. The zero-order valence-electron chi connectivity index (χ0n) is 9.91. The molecule has 5 heteroatoms. The van der Waals surface area contributed by atoms with Gasteiger partial charge in [0.05, 0.1) is 9.35 Å². The average Bonchev–Trinajstić information content (AvgIpc) is 2.73. The fraction of sp³-hybridized carbons (Fsp3) is 0.583. The van der Waals surface area contributed by atoms with Crippen LogP contribution in [0.2, 0.25) is 0 Å². The van der Waals surface area contributed by atoms with E-state index in [2.05, 4.69) is 28.2 Å². The molecule has 0 saturated carbocycles. The van der Waals surface area contributed by atoms with Gasteiger partial charge >= 0.3 is 0 Å². The molecule has 0 aliphatic heterocycles. The number of carbonyl (C=O) groups is 1. The molecule has 0 bridgehead atoms. The second kappa shape index (κ2) is 7.84. The first-order valence-corrected chi connectivity index (χ1v) is 7.47. The van der Waals surface area contributed by atoms with E-state index in [1.165, 1.54) is 11.3 Å². The number of nitrogens with one attached hydrogen (secondary N) is 1. The molecule has 1 amide bonds. The van der Waals surface area contributed by atoms with Gasteiger partial charge in [0.2, 0.25) is 0 Å². The van der Waals surface area contributed by atoms with Crippen molar-refractivity contribution in [3.8, 4) is 0 Å². The Bertz CT molecular complexity index is 348. The van der Waals surface area contributed by atoms with Gasteiger partial charge in [-0.1, -0.05) is 13.3 Å². The van der Waals surface area contributed by atoms with Gasteiger partial charge in [-0.25, -0.2) is 0 Å². The predicted octanol–water partition coefficient (Wildman–Crippen LogP) is 3.04. The van der Waals surface area contributed by atoms with Gasteiger partial charge in [-0.2, -0.15) is 0 Å². The van der Waals surface area contributed by atoms with Gasteiger partial charge in [-0.3, -0.25) is 4.79 Å².